The number of halogens is 1. The van der Waals surface area contributed by atoms with Gasteiger partial charge in [0.2, 0.25) is 0 Å². The first kappa shape index (κ1) is 14.2. The summed E-state index contributed by atoms with van der Waals surface area (Å²) in [6.07, 6.45) is 0. The molecule has 0 heterocycles. The highest BCUT2D eigenvalue weighted by atomic mass is 19.1. The first-order valence-corrected chi connectivity index (χ1v) is 6.51. The minimum absolute atomic E-state index is 0.168. The highest BCUT2D eigenvalue weighted by Gasteiger charge is 2.09. The number of ether oxygens (including phenoxy) is 1. The van der Waals surface area contributed by atoms with Gasteiger partial charge < -0.3 is 15.8 Å². The second kappa shape index (κ2) is 5.82. The third kappa shape index (κ3) is 3.02. The fourth-order valence-corrected chi connectivity index (χ4v) is 1.96. The summed E-state index contributed by atoms with van der Waals surface area (Å²) in [7, 11) is 1.43. The van der Waals surface area contributed by atoms with Crippen molar-refractivity contribution in [1.82, 2.24) is 0 Å². The largest absolute Gasteiger partial charge is 0.494 e. The number of hydrogen-bond donors (Lipinski definition) is 2. The normalized spacial score (nSPS) is 10.7. The SMILES string of the molecule is COc1cc(Nc2cccc(C(C)C)c2)c(N)cc1F. The summed E-state index contributed by atoms with van der Waals surface area (Å²) in [5.74, 6) is 0.144. The molecule has 4 heteroatoms. The maximum absolute atomic E-state index is 13.5. The van der Waals surface area contributed by atoms with Gasteiger partial charge in [-0.25, -0.2) is 4.39 Å². The van der Waals surface area contributed by atoms with Gasteiger partial charge in [-0.2, -0.15) is 0 Å². The van der Waals surface area contributed by atoms with Crippen LogP contribution < -0.4 is 15.8 Å². The molecule has 0 aliphatic heterocycles. The lowest BCUT2D eigenvalue weighted by Crippen LogP contribution is -2.00. The topological polar surface area (TPSA) is 47.3 Å². The highest BCUT2D eigenvalue weighted by molar-refractivity contribution is 5.74. The number of nitrogens with one attached hydrogen (secondary N) is 1. The van der Waals surface area contributed by atoms with E-state index < -0.39 is 5.82 Å². The Labute approximate surface area is 118 Å². The molecule has 106 valence electrons. The first-order valence-electron chi connectivity index (χ1n) is 6.51. The van der Waals surface area contributed by atoms with Crippen LogP contribution in [0.1, 0.15) is 25.3 Å². The average Bonchev–Trinajstić information content (AvgIpc) is 2.42. The number of anilines is 3. The molecule has 2 rings (SSSR count). The number of rotatable bonds is 4. The van der Waals surface area contributed by atoms with Gasteiger partial charge in [-0.3, -0.25) is 0 Å². The van der Waals surface area contributed by atoms with Gasteiger partial charge in [-0.15, -0.1) is 0 Å². The van der Waals surface area contributed by atoms with Crippen LogP contribution in [0.4, 0.5) is 21.5 Å². The van der Waals surface area contributed by atoms with Gasteiger partial charge in [0, 0.05) is 17.8 Å². The van der Waals surface area contributed by atoms with E-state index in [0.29, 0.717) is 17.3 Å². The van der Waals surface area contributed by atoms with Crippen LogP contribution in [0.5, 0.6) is 5.75 Å². The molecule has 2 aromatic rings. The molecule has 0 amide bonds. The van der Waals surface area contributed by atoms with Gasteiger partial charge >= 0.3 is 0 Å². The molecule has 0 radical (unpaired) electrons. The Morgan fingerprint density at radius 2 is 1.95 bits per heavy atom. The van der Waals surface area contributed by atoms with E-state index in [4.69, 9.17) is 10.5 Å². The van der Waals surface area contributed by atoms with Crippen LogP contribution in [-0.4, -0.2) is 7.11 Å². The Hall–Kier alpha value is -2.23. The summed E-state index contributed by atoms with van der Waals surface area (Å²) in [6.45, 7) is 4.27. The molecule has 2 aromatic carbocycles. The fourth-order valence-electron chi connectivity index (χ4n) is 1.96. The molecular formula is C16H19FN2O. The summed E-state index contributed by atoms with van der Waals surface area (Å²) in [5, 5.41) is 3.20. The van der Waals surface area contributed by atoms with Crippen LogP contribution in [-0.2, 0) is 0 Å². The predicted molar refractivity (Wildman–Crippen MR) is 81.2 cm³/mol. The van der Waals surface area contributed by atoms with Crippen molar-refractivity contribution >= 4 is 17.1 Å². The molecule has 0 fully saturated rings. The van der Waals surface area contributed by atoms with Crippen LogP contribution >= 0.6 is 0 Å². The summed E-state index contributed by atoms with van der Waals surface area (Å²) in [4.78, 5) is 0. The van der Waals surface area contributed by atoms with Gasteiger partial charge in [-0.05, 0) is 23.6 Å². The minimum atomic E-state index is -0.466. The van der Waals surface area contributed by atoms with Gasteiger partial charge in [-0.1, -0.05) is 26.0 Å². The highest BCUT2D eigenvalue weighted by Crippen LogP contribution is 2.31. The number of benzene rings is 2. The van der Waals surface area contributed by atoms with E-state index in [-0.39, 0.29) is 5.75 Å². The summed E-state index contributed by atoms with van der Waals surface area (Å²) < 4.78 is 18.5. The molecule has 20 heavy (non-hydrogen) atoms. The van der Waals surface area contributed by atoms with Crippen molar-refractivity contribution in [2.24, 2.45) is 0 Å². The Morgan fingerprint density at radius 3 is 2.60 bits per heavy atom. The Bertz CT molecular complexity index is 611. The van der Waals surface area contributed by atoms with E-state index in [9.17, 15) is 4.39 Å². The van der Waals surface area contributed by atoms with Crippen LogP contribution in [0.15, 0.2) is 36.4 Å². The van der Waals surface area contributed by atoms with E-state index in [1.807, 2.05) is 12.1 Å². The molecule has 0 bridgehead atoms. The van der Waals surface area contributed by atoms with Crippen molar-refractivity contribution in [1.29, 1.82) is 0 Å². The number of nitrogens with two attached hydrogens (primary N) is 1. The van der Waals surface area contributed by atoms with Crippen molar-refractivity contribution in [3.05, 3.63) is 47.8 Å². The standard InChI is InChI=1S/C16H19FN2O/c1-10(2)11-5-4-6-12(7-11)19-15-9-16(20-3)13(17)8-14(15)18/h4-10,19H,18H2,1-3H3. The summed E-state index contributed by atoms with van der Waals surface area (Å²) in [5.41, 5.74) is 8.95. The zero-order valence-electron chi connectivity index (χ0n) is 11.9. The van der Waals surface area contributed by atoms with Crippen molar-refractivity contribution in [3.63, 3.8) is 0 Å². The Balaban J connectivity index is 2.32. The molecule has 0 saturated heterocycles. The molecule has 0 atom stereocenters. The lowest BCUT2D eigenvalue weighted by atomic mass is 10.0. The molecule has 0 aliphatic carbocycles. The number of nitrogen functional groups attached to an aromatic ring is 1. The van der Waals surface area contributed by atoms with E-state index in [2.05, 4.69) is 31.3 Å². The molecule has 0 spiro atoms. The van der Waals surface area contributed by atoms with E-state index in [1.165, 1.54) is 18.7 Å². The van der Waals surface area contributed by atoms with E-state index in [1.54, 1.807) is 6.07 Å². The van der Waals surface area contributed by atoms with E-state index >= 15 is 0 Å². The summed E-state index contributed by atoms with van der Waals surface area (Å²) >= 11 is 0. The predicted octanol–water partition coefficient (Wildman–Crippen LogP) is 4.28. The monoisotopic (exact) mass is 274 g/mol. The Kier molecular flexibility index (Phi) is 4.13. The van der Waals surface area contributed by atoms with Gasteiger partial charge in [0.15, 0.2) is 11.6 Å². The second-order valence-electron chi connectivity index (χ2n) is 4.98. The van der Waals surface area contributed by atoms with Crippen molar-refractivity contribution < 1.29 is 9.13 Å². The smallest absolute Gasteiger partial charge is 0.167 e. The van der Waals surface area contributed by atoms with Crippen LogP contribution in [0, 0.1) is 5.82 Å². The minimum Gasteiger partial charge on any atom is -0.494 e. The second-order valence-corrected chi connectivity index (χ2v) is 4.98. The quantitative estimate of drug-likeness (QED) is 0.818. The number of methoxy groups -OCH3 is 1. The first-order chi connectivity index (χ1) is 9.51. The van der Waals surface area contributed by atoms with Crippen molar-refractivity contribution in [2.75, 3.05) is 18.2 Å². The molecule has 0 aromatic heterocycles. The van der Waals surface area contributed by atoms with Crippen molar-refractivity contribution in [2.45, 2.75) is 19.8 Å². The third-order valence-electron chi connectivity index (χ3n) is 3.16. The fraction of sp³-hybridized carbons (Fsp3) is 0.250. The van der Waals surface area contributed by atoms with Crippen LogP contribution in [0.3, 0.4) is 0 Å². The van der Waals surface area contributed by atoms with E-state index in [0.717, 1.165) is 5.69 Å². The lowest BCUT2D eigenvalue weighted by Gasteiger charge is -2.13. The van der Waals surface area contributed by atoms with Crippen molar-refractivity contribution in [3.8, 4) is 5.75 Å². The van der Waals surface area contributed by atoms with Gasteiger partial charge in [0.1, 0.15) is 0 Å². The molecular weight excluding hydrogens is 255 g/mol. The maximum atomic E-state index is 13.5. The maximum Gasteiger partial charge on any atom is 0.167 e. The lowest BCUT2D eigenvalue weighted by molar-refractivity contribution is 0.387. The average molecular weight is 274 g/mol. The molecule has 0 aliphatic rings. The van der Waals surface area contributed by atoms with Gasteiger partial charge in [0.25, 0.3) is 0 Å². The van der Waals surface area contributed by atoms with Gasteiger partial charge in [0.05, 0.1) is 18.5 Å². The molecule has 0 unspecified atom stereocenters. The molecule has 3 N–H and O–H groups in total. The molecule has 3 nitrogen and oxygen atoms in total. The van der Waals surface area contributed by atoms with Crippen LogP contribution in [0.2, 0.25) is 0 Å². The zero-order valence-corrected chi connectivity index (χ0v) is 11.9. The number of hydrogen-bond acceptors (Lipinski definition) is 3. The molecule has 0 saturated carbocycles. The zero-order chi connectivity index (χ0) is 14.7. The van der Waals surface area contributed by atoms with Crippen LogP contribution in [0.25, 0.3) is 0 Å². The Morgan fingerprint density at radius 1 is 1.20 bits per heavy atom. The third-order valence-corrected chi connectivity index (χ3v) is 3.16. The summed E-state index contributed by atoms with van der Waals surface area (Å²) in [6, 6.07) is 10.9.